The zero-order valence-corrected chi connectivity index (χ0v) is 61.8. The summed E-state index contributed by atoms with van der Waals surface area (Å²) >= 11 is 8.24. The molecule has 22 nitrogen and oxygen atoms in total. The number of carbonyl (C=O) groups excluding carboxylic acids is 8. The number of pyridine rings is 1. The number of thioether (sulfide) groups is 2. The Balaban J connectivity index is 2.04. The number of amides is 2. The molecule has 0 aliphatic carbocycles. The van der Waals surface area contributed by atoms with Crippen LogP contribution in [0.15, 0.2) is 29.4 Å². The Bertz CT molecular complexity index is 2430. The summed E-state index contributed by atoms with van der Waals surface area (Å²) < 4.78 is 62.3. The van der Waals surface area contributed by atoms with Crippen molar-refractivity contribution < 1.29 is 90.5 Å². The molecule has 1 aromatic rings. The van der Waals surface area contributed by atoms with E-state index in [1.165, 1.54) is 54.3 Å². The van der Waals surface area contributed by atoms with Gasteiger partial charge in [0.2, 0.25) is 5.91 Å². The molecule has 27 heteroatoms. The van der Waals surface area contributed by atoms with E-state index in [-0.39, 0.29) is 114 Å². The lowest BCUT2D eigenvalue weighted by atomic mass is 9.63. The van der Waals surface area contributed by atoms with Gasteiger partial charge >= 0.3 is 30.0 Å². The smallest absolute Gasteiger partial charge is 0.407 e. The van der Waals surface area contributed by atoms with Gasteiger partial charge in [-0.3, -0.25) is 33.6 Å². The molecule has 0 radical (unpaired) electrons. The third-order valence-corrected chi connectivity index (χ3v) is 19.8. The number of unbranched alkanes of at least 4 members (excludes halogenated alkanes) is 3. The number of thiocarbonyl (C=S) groups is 1. The number of alkyl carbamates (subject to hydrolysis) is 1. The van der Waals surface area contributed by atoms with Gasteiger partial charge in [-0.1, -0.05) is 88.3 Å². The third-order valence-electron chi connectivity index (χ3n) is 14.9. The molecule has 0 bridgehead atoms. The summed E-state index contributed by atoms with van der Waals surface area (Å²) in [6.07, 6.45) is 5.47. The molecule has 93 heavy (non-hydrogen) atoms. The molecule has 0 saturated carbocycles. The number of methoxy groups -OCH3 is 1. The van der Waals surface area contributed by atoms with Crippen LogP contribution in [0.2, 0.25) is 0 Å². The first-order valence-corrected chi connectivity index (χ1v) is 37.0. The fraction of sp³-hybridized carbons (Fsp3) is 0.788. The van der Waals surface area contributed by atoms with Gasteiger partial charge < -0.3 is 62.7 Å². The molecule has 2 rings (SSSR count). The Kier molecular flexibility index (Phi) is 42.1. The number of nitrogens with zero attached hydrogens (tertiary/aromatic N) is 1. The van der Waals surface area contributed by atoms with Crippen molar-refractivity contribution in [2.45, 2.75) is 220 Å². The first-order chi connectivity index (χ1) is 43.9. The number of aromatic nitrogens is 1. The van der Waals surface area contributed by atoms with Crippen LogP contribution in [0.5, 0.6) is 0 Å². The molecule has 2 heterocycles. The van der Waals surface area contributed by atoms with E-state index < -0.39 is 75.0 Å². The zero-order chi connectivity index (χ0) is 69.5. The van der Waals surface area contributed by atoms with E-state index >= 15 is 0 Å². The van der Waals surface area contributed by atoms with Crippen molar-refractivity contribution in [2.24, 2.45) is 22.2 Å². The summed E-state index contributed by atoms with van der Waals surface area (Å²) in [6, 6.07) is 4.97. The molecule has 2 N–H and O–H groups in total. The second-order valence-electron chi connectivity index (χ2n) is 25.6. The lowest BCUT2D eigenvalue weighted by Crippen LogP contribution is -2.62. The molecule has 1 saturated heterocycles. The summed E-state index contributed by atoms with van der Waals surface area (Å²) in [5.41, 5.74) is -4.25. The molecular formula is C66H109N3O19S5. The van der Waals surface area contributed by atoms with E-state index in [1.54, 1.807) is 47.7 Å². The van der Waals surface area contributed by atoms with Gasteiger partial charge in [-0.25, -0.2) is 9.78 Å². The number of esters is 4. The highest BCUT2D eigenvalue weighted by Gasteiger charge is 2.54. The van der Waals surface area contributed by atoms with Crippen LogP contribution < -0.4 is 10.6 Å². The van der Waals surface area contributed by atoms with Gasteiger partial charge in [-0.15, -0.1) is 11.8 Å². The lowest BCUT2D eigenvalue weighted by Gasteiger charge is -2.44. The second kappa shape index (κ2) is 45.8. The van der Waals surface area contributed by atoms with Crippen LogP contribution in [-0.2, 0) is 85.7 Å². The predicted octanol–water partition coefficient (Wildman–Crippen LogP) is 11.7. The van der Waals surface area contributed by atoms with E-state index in [4.69, 9.17) is 64.3 Å². The fourth-order valence-electron chi connectivity index (χ4n) is 10.9. The number of ketones is 2. The van der Waals surface area contributed by atoms with Gasteiger partial charge in [0.1, 0.15) is 62.4 Å². The maximum Gasteiger partial charge on any atom is 0.407 e. The van der Waals surface area contributed by atoms with Gasteiger partial charge in [0.25, 0.3) is 0 Å². The van der Waals surface area contributed by atoms with Crippen LogP contribution in [0.25, 0.3) is 0 Å². The number of hydrogen-bond donors (Lipinski definition) is 2. The van der Waals surface area contributed by atoms with Crippen LogP contribution in [0.3, 0.4) is 0 Å². The quantitative estimate of drug-likeness (QED) is 0.0202. The molecule has 532 valence electrons. The third kappa shape index (κ3) is 36.5. The largest absolute Gasteiger partial charge is 0.464 e. The van der Waals surface area contributed by atoms with Gasteiger partial charge in [0.15, 0.2) is 6.29 Å². The van der Waals surface area contributed by atoms with E-state index in [0.717, 1.165) is 42.5 Å². The Hall–Kier alpha value is -3.64. The second-order valence-corrected chi connectivity index (χ2v) is 32.1. The molecule has 2 amide bonds. The maximum atomic E-state index is 14.8. The van der Waals surface area contributed by atoms with Crippen molar-refractivity contribution in [1.82, 2.24) is 15.6 Å². The van der Waals surface area contributed by atoms with E-state index in [0.29, 0.717) is 73.6 Å². The summed E-state index contributed by atoms with van der Waals surface area (Å²) in [6.45, 7) is 24.8. The van der Waals surface area contributed by atoms with Crippen molar-refractivity contribution in [1.29, 1.82) is 0 Å². The standard InChI is InChI=1S/C66H109N3O19S5/c1-15-52-47(3)55(86-49(5)71)54(69-48(4)70)56(87-52)82-33-22-18-17-19-24-51(73)28-34-80-38-37-79-32-23-25-50(72)27-29-63(9,10)44-64(11,57(74)85-42-43-91-93-53-26-20-21-30-67-53)45-65(12,46-66(13,92-61(89)90-16-2)59(76)84-40-36-78-14)58(75)83-41-39-81-35-31-68-60(77)88-62(6,7)8/h20-21,26,30,47,52,54-56H,15-19,22-25,27-29,31-46H2,1-14H3,(H,68,77)(H,69,70)/t47-,52+,54+,55-,56+,64?,65?,66?/m0/s1. The highest BCUT2D eigenvalue weighted by atomic mass is 33.1. The van der Waals surface area contributed by atoms with Crippen LogP contribution in [-0.4, -0.2) is 189 Å². The van der Waals surface area contributed by atoms with E-state index in [2.05, 4.69) is 15.6 Å². The highest BCUT2D eigenvalue weighted by Crippen LogP contribution is 2.51. The van der Waals surface area contributed by atoms with Crippen LogP contribution in [0.1, 0.15) is 180 Å². The molecule has 0 aromatic carbocycles. The number of Topliss-reactive ketones (excluding diaryl/α,β-unsaturated/α-hetero) is 2. The summed E-state index contributed by atoms with van der Waals surface area (Å²) in [4.78, 5) is 110. The molecule has 1 aliphatic rings. The number of ether oxygens (including phenoxy) is 11. The van der Waals surface area contributed by atoms with Gasteiger partial charge in [-0.05, 0) is 127 Å². The number of rotatable bonds is 49. The molecule has 1 aromatic heterocycles. The number of hydrogen-bond acceptors (Lipinski definition) is 25. The van der Waals surface area contributed by atoms with E-state index in [1.807, 2.05) is 52.8 Å². The molecule has 3 unspecified atom stereocenters. The van der Waals surface area contributed by atoms with Crippen molar-refractivity contribution in [2.75, 3.05) is 97.8 Å². The SMILES string of the molecule is CCSC(=S)SC(C)(CC(C)(CC(C)(CC(C)(C)CCC(=O)CCCOCCOCCC(=O)CCCCCCO[C@@H]1O[C@H](CC)[C@H](C)[C@H](OC(C)=O)[C@H]1NC(C)=O)C(=O)OCCSSc1ccccn1)C(=O)OCCOCCNC(=O)OC(C)(C)C)C(=O)OCCOC. The topological polar surface area (TPSA) is 275 Å². The van der Waals surface area contributed by atoms with Crippen molar-refractivity contribution in [3.05, 3.63) is 24.4 Å². The summed E-state index contributed by atoms with van der Waals surface area (Å²) in [7, 11) is 4.42. The van der Waals surface area contributed by atoms with Gasteiger partial charge in [-0.2, -0.15) is 0 Å². The van der Waals surface area contributed by atoms with Crippen molar-refractivity contribution in [3.8, 4) is 0 Å². The maximum absolute atomic E-state index is 14.8. The Labute approximate surface area is 575 Å². The van der Waals surface area contributed by atoms with Crippen molar-refractivity contribution >= 4 is 108 Å². The monoisotopic (exact) mass is 1410 g/mol. The van der Waals surface area contributed by atoms with Gasteiger partial charge in [0.05, 0.1) is 56.6 Å². The van der Waals surface area contributed by atoms with Gasteiger partial charge in [0, 0.05) is 84.3 Å². The lowest BCUT2D eigenvalue weighted by molar-refractivity contribution is -0.253. The molecule has 1 aliphatic heterocycles. The Morgan fingerprint density at radius 2 is 1.30 bits per heavy atom. The van der Waals surface area contributed by atoms with Crippen LogP contribution in [0, 0.1) is 22.2 Å². The molecule has 0 spiro atoms. The average molecular weight is 1410 g/mol. The Morgan fingerprint density at radius 3 is 1.95 bits per heavy atom. The van der Waals surface area contributed by atoms with Crippen molar-refractivity contribution in [3.63, 3.8) is 0 Å². The van der Waals surface area contributed by atoms with E-state index in [9.17, 15) is 38.4 Å². The normalized spacial score (nSPS) is 18.6. The highest BCUT2D eigenvalue weighted by molar-refractivity contribution is 8.76. The minimum atomic E-state index is -1.55. The molecular weight excluding hydrogens is 1300 g/mol. The molecule has 1 fully saturated rings. The number of nitrogens with one attached hydrogen (secondary N) is 2. The number of carbonyl (C=O) groups is 8. The molecule has 8 atom stereocenters. The fourth-order valence-corrected chi connectivity index (χ4v) is 15.8. The summed E-state index contributed by atoms with van der Waals surface area (Å²) in [5, 5.41) is 6.28. The minimum absolute atomic E-state index is 0.0193. The predicted molar refractivity (Wildman–Crippen MR) is 368 cm³/mol. The first-order valence-electron chi connectivity index (χ1n) is 32.4. The first kappa shape index (κ1) is 85.4. The summed E-state index contributed by atoms with van der Waals surface area (Å²) in [5.74, 6) is -1.48. The Morgan fingerprint density at radius 1 is 0.677 bits per heavy atom. The van der Waals surface area contributed by atoms with Crippen LogP contribution in [0.4, 0.5) is 4.79 Å². The zero-order valence-electron chi connectivity index (χ0n) is 57.7. The average Bonchev–Trinajstić information content (AvgIpc) is 0.785. The van der Waals surface area contributed by atoms with Crippen LogP contribution >= 0.6 is 57.3 Å². The minimum Gasteiger partial charge on any atom is -0.464 e.